The molecule has 0 fully saturated rings. The number of anilines is 2. The molecule has 1 aliphatic rings. The lowest BCUT2D eigenvalue weighted by Crippen LogP contribution is -2.17. The first-order valence-corrected chi connectivity index (χ1v) is 9.00. The van der Waals surface area contributed by atoms with Crippen LogP contribution in [0.4, 0.5) is 11.5 Å². The van der Waals surface area contributed by atoms with Crippen molar-refractivity contribution in [1.29, 1.82) is 0 Å². The van der Waals surface area contributed by atoms with E-state index in [9.17, 15) is 4.79 Å². The van der Waals surface area contributed by atoms with E-state index in [4.69, 9.17) is 9.47 Å². The number of hydrogen-bond donors (Lipinski definition) is 2. The van der Waals surface area contributed by atoms with Crippen LogP contribution in [0, 0.1) is 6.92 Å². The molecule has 1 aliphatic heterocycles. The molecule has 0 aliphatic carbocycles. The zero-order valence-electron chi connectivity index (χ0n) is 15.4. The minimum atomic E-state index is -0.322. The van der Waals surface area contributed by atoms with Gasteiger partial charge in [-0.15, -0.1) is 0 Å². The van der Waals surface area contributed by atoms with E-state index < -0.39 is 0 Å². The first-order chi connectivity index (χ1) is 13.7. The van der Waals surface area contributed by atoms with Crippen LogP contribution in [0.5, 0.6) is 11.5 Å². The Bertz CT molecular complexity index is 1010. The normalized spacial score (nSPS) is 12.3. The number of fused-ring (bicyclic) bond motifs is 1. The van der Waals surface area contributed by atoms with Crippen LogP contribution in [0.25, 0.3) is 0 Å². The second-order valence-corrected chi connectivity index (χ2v) is 6.44. The highest BCUT2D eigenvalue weighted by atomic mass is 16.6. The maximum Gasteiger partial charge on any atom is 0.274 e. The molecular formula is C21H20N4O3. The lowest BCUT2D eigenvalue weighted by atomic mass is 10.1. The Labute approximate surface area is 162 Å². The van der Waals surface area contributed by atoms with Crippen LogP contribution in [0.1, 0.15) is 21.6 Å². The van der Waals surface area contributed by atoms with Gasteiger partial charge in [0.2, 0.25) is 0 Å². The van der Waals surface area contributed by atoms with Gasteiger partial charge >= 0.3 is 0 Å². The molecule has 0 bridgehead atoms. The highest BCUT2D eigenvalue weighted by Gasteiger charge is 2.14. The lowest BCUT2D eigenvalue weighted by molar-refractivity contribution is 0.102. The van der Waals surface area contributed by atoms with Crippen LogP contribution in [-0.2, 0) is 6.54 Å². The van der Waals surface area contributed by atoms with Gasteiger partial charge in [-0.3, -0.25) is 4.79 Å². The standard InChI is InChI=1S/C21H20N4O3/c1-14-3-2-4-15(9-14)12-22-20-11-17(23-13-24-20)21(26)25-16-5-6-18-19(10-16)28-8-7-27-18/h2-6,9-11,13H,7-8,12H2,1H3,(H,25,26)(H,22,23,24). The third kappa shape index (κ3) is 4.20. The summed E-state index contributed by atoms with van der Waals surface area (Å²) < 4.78 is 11.0. The van der Waals surface area contributed by atoms with Crippen LogP contribution in [-0.4, -0.2) is 29.1 Å². The molecule has 0 saturated carbocycles. The number of carbonyl (C=O) groups is 1. The number of carbonyl (C=O) groups excluding carboxylic acids is 1. The van der Waals surface area contributed by atoms with Crippen LogP contribution < -0.4 is 20.1 Å². The van der Waals surface area contributed by atoms with Crippen molar-refractivity contribution in [3.05, 3.63) is 71.7 Å². The fourth-order valence-electron chi connectivity index (χ4n) is 2.91. The average molecular weight is 376 g/mol. The predicted octanol–water partition coefficient (Wildman–Crippen LogP) is 3.42. The fraction of sp³-hybridized carbons (Fsp3) is 0.190. The first kappa shape index (κ1) is 17.8. The predicted molar refractivity (Wildman–Crippen MR) is 106 cm³/mol. The van der Waals surface area contributed by atoms with E-state index in [1.807, 2.05) is 12.1 Å². The Morgan fingerprint density at radius 3 is 2.75 bits per heavy atom. The molecule has 2 heterocycles. The molecule has 0 radical (unpaired) electrons. The van der Waals surface area contributed by atoms with Gasteiger partial charge in [-0.05, 0) is 24.6 Å². The number of ether oxygens (including phenoxy) is 2. The summed E-state index contributed by atoms with van der Waals surface area (Å²) in [5.74, 6) is 1.56. The van der Waals surface area contributed by atoms with Gasteiger partial charge in [0.05, 0.1) is 0 Å². The molecular weight excluding hydrogens is 356 g/mol. The number of aromatic nitrogens is 2. The Morgan fingerprint density at radius 1 is 1.04 bits per heavy atom. The van der Waals surface area contributed by atoms with E-state index in [1.165, 1.54) is 11.9 Å². The number of rotatable bonds is 5. The highest BCUT2D eigenvalue weighted by Crippen LogP contribution is 2.32. The van der Waals surface area contributed by atoms with Gasteiger partial charge in [0, 0.05) is 24.4 Å². The molecule has 0 unspecified atom stereocenters. The van der Waals surface area contributed by atoms with Crippen molar-refractivity contribution in [1.82, 2.24) is 9.97 Å². The van der Waals surface area contributed by atoms with Crippen molar-refractivity contribution in [2.24, 2.45) is 0 Å². The van der Waals surface area contributed by atoms with Gasteiger partial charge in [0.15, 0.2) is 11.5 Å². The Morgan fingerprint density at radius 2 is 1.89 bits per heavy atom. The fourth-order valence-corrected chi connectivity index (χ4v) is 2.91. The second-order valence-electron chi connectivity index (χ2n) is 6.44. The Hall–Kier alpha value is -3.61. The van der Waals surface area contributed by atoms with Gasteiger partial charge in [0.1, 0.15) is 31.1 Å². The summed E-state index contributed by atoms with van der Waals surface area (Å²) in [4.78, 5) is 20.8. The monoisotopic (exact) mass is 376 g/mol. The van der Waals surface area contributed by atoms with Crippen molar-refractivity contribution in [3.63, 3.8) is 0 Å². The molecule has 7 heteroatoms. The van der Waals surface area contributed by atoms with Crippen molar-refractivity contribution >= 4 is 17.4 Å². The lowest BCUT2D eigenvalue weighted by Gasteiger charge is -2.19. The summed E-state index contributed by atoms with van der Waals surface area (Å²) in [7, 11) is 0. The second kappa shape index (κ2) is 7.96. The quantitative estimate of drug-likeness (QED) is 0.710. The van der Waals surface area contributed by atoms with Crippen LogP contribution in [0.3, 0.4) is 0 Å². The molecule has 142 valence electrons. The highest BCUT2D eigenvalue weighted by molar-refractivity contribution is 6.03. The number of nitrogens with zero attached hydrogens (tertiary/aromatic N) is 2. The molecule has 0 spiro atoms. The number of nitrogens with one attached hydrogen (secondary N) is 2. The van der Waals surface area contributed by atoms with Gasteiger partial charge in [-0.25, -0.2) is 9.97 Å². The number of hydrogen-bond acceptors (Lipinski definition) is 6. The van der Waals surface area contributed by atoms with Crippen molar-refractivity contribution in [2.75, 3.05) is 23.8 Å². The molecule has 4 rings (SSSR count). The zero-order chi connectivity index (χ0) is 19.3. The van der Waals surface area contributed by atoms with Gasteiger partial charge in [-0.2, -0.15) is 0 Å². The summed E-state index contributed by atoms with van der Waals surface area (Å²) in [6, 6.07) is 15.1. The molecule has 2 N–H and O–H groups in total. The van der Waals surface area contributed by atoms with Gasteiger partial charge in [0.25, 0.3) is 5.91 Å². The summed E-state index contributed by atoms with van der Waals surface area (Å²) in [5, 5.41) is 6.04. The average Bonchev–Trinajstić information content (AvgIpc) is 2.72. The summed E-state index contributed by atoms with van der Waals surface area (Å²) in [5.41, 5.74) is 3.22. The van der Waals surface area contributed by atoms with E-state index in [2.05, 4.69) is 39.7 Å². The van der Waals surface area contributed by atoms with Crippen molar-refractivity contribution in [3.8, 4) is 11.5 Å². The van der Waals surface area contributed by atoms with E-state index in [0.717, 1.165) is 5.56 Å². The molecule has 28 heavy (non-hydrogen) atoms. The van der Waals surface area contributed by atoms with E-state index in [-0.39, 0.29) is 11.6 Å². The SMILES string of the molecule is Cc1cccc(CNc2cc(C(=O)Nc3ccc4c(c3)OCCO4)ncn2)c1. The molecule has 1 amide bonds. The van der Waals surface area contributed by atoms with Crippen molar-refractivity contribution < 1.29 is 14.3 Å². The molecule has 1 aromatic heterocycles. The third-order valence-corrected chi connectivity index (χ3v) is 4.26. The smallest absolute Gasteiger partial charge is 0.274 e. The summed E-state index contributed by atoms with van der Waals surface area (Å²) in [6.07, 6.45) is 1.37. The molecule has 0 saturated heterocycles. The summed E-state index contributed by atoms with van der Waals surface area (Å²) in [6.45, 7) is 3.68. The molecule has 3 aromatic rings. The van der Waals surface area contributed by atoms with E-state index in [1.54, 1.807) is 24.3 Å². The zero-order valence-corrected chi connectivity index (χ0v) is 15.4. The van der Waals surface area contributed by atoms with Crippen LogP contribution >= 0.6 is 0 Å². The van der Waals surface area contributed by atoms with E-state index in [0.29, 0.717) is 42.8 Å². The molecule has 2 aromatic carbocycles. The van der Waals surface area contributed by atoms with Crippen LogP contribution in [0.15, 0.2) is 54.9 Å². The third-order valence-electron chi connectivity index (χ3n) is 4.26. The minimum Gasteiger partial charge on any atom is -0.486 e. The van der Waals surface area contributed by atoms with Crippen molar-refractivity contribution in [2.45, 2.75) is 13.5 Å². The number of aryl methyl sites for hydroxylation is 1. The minimum absolute atomic E-state index is 0.275. The first-order valence-electron chi connectivity index (χ1n) is 9.00. The summed E-state index contributed by atoms with van der Waals surface area (Å²) >= 11 is 0. The molecule has 0 atom stereocenters. The Balaban J connectivity index is 1.42. The maximum atomic E-state index is 12.6. The molecule has 7 nitrogen and oxygen atoms in total. The van der Waals surface area contributed by atoms with Gasteiger partial charge in [-0.1, -0.05) is 29.8 Å². The Kier molecular flexibility index (Phi) is 5.05. The van der Waals surface area contributed by atoms with Crippen LogP contribution in [0.2, 0.25) is 0 Å². The van der Waals surface area contributed by atoms with Gasteiger partial charge < -0.3 is 20.1 Å². The topological polar surface area (TPSA) is 85.4 Å². The number of amides is 1. The number of benzene rings is 2. The van der Waals surface area contributed by atoms with E-state index >= 15 is 0 Å². The largest absolute Gasteiger partial charge is 0.486 e. The maximum absolute atomic E-state index is 12.6.